The van der Waals surface area contributed by atoms with Gasteiger partial charge < -0.3 is 15.4 Å². The second-order valence-electron chi connectivity index (χ2n) is 4.36. The number of para-hydroxylation sites is 1. The molecule has 0 fully saturated rings. The van der Waals surface area contributed by atoms with E-state index in [0.29, 0.717) is 10.6 Å². The van der Waals surface area contributed by atoms with Crippen LogP contribution in [-0.4, -0.2) is 18.2 Å². The van der Waals surface area contributed by atoms with Crippen molar-refractivity contribution in [3.8, 4) is 0 Å². The Labute approximate surface area is 137 Å². The molecule has 0 unspecified atom stereocenters. The van der Waals surface area contributed by atoms with Crippen LogP contribution < -0.4 is 10.6 Å². The topological polar surface area (TPSA) is 50.4 Å². The number of ether oxygens (including phenoxy) is 1. The molecule has 1 heterocycles. The molecule has 0 aliphatic carbocycles. The van der Waals surface area contributed by atoms with E-state index in [4.69, 9.17) is 17.0 Å². The van der Waals surface area contributed by atoms with E-state index in [2.05, 4.69) is 10.6 Å². The van der Waals surface area contributed by atoms with Crippen molar-refractivity contribution in [3.05, 3.63) is 46.6 Å². The molecule has 0 saturated carbocycles. The highest BCUT2D eigenvalue weighted by molar-refractivity contribution is 7.80. The summed E-state index contributed by atoms with van der Waals surface area (Å²) in [4.78, 5) is 12.8. The van der Waals surface area contributed by atoms with E-state index in [-0.39, 0.29) is 10.8 Å². The number of hydrogen-bond acceptors (Lipinski definition) is 4. The molecule has 7 heteroatoms. The number of benzene rings is 1. The van der Waals surface area contributed by atoms with Gasteiger partial charge in [-0.05, 0) is 36.8 Å². The Morgan fingerprint density at radius 2 is 2.09 bits per heavy atom. The summed E-state index contributed by atoms with van der Waals surface area (Å²) in [6.07, 6.45) is 0.795. The Morgan fingerprint density at radius 3 is 2.73 bits per heavy atom. The van der Waals surface area contributed by atoms with Crippen molar-refractivity contribution in [1.82, 2.24) is 0 Å². The summed E-state index contributed by atoms with van der Waals surface area (Å²) in [5.41, 5.74) is 0.689. The van der Waals surface area contributed by atoms with Crippen molar-refractivity contribution in [2.45, 2.75) is 13.3 Å². The number of carbonyl (C=O) groups is 1. The maximum Gasteiger partial charge on any atom is 0.340 e. The first kappa shape index (κ1) is 16.4. The lowest BCUT2D eigenvalue weighted by atomic mass is 10.2. The van der Waals surface area contributed by atoms with Crippen LogP contribution in [0.15, 0.2) is 30.3 Å². The average molecular weight is 338 g/mol. The van der Waals surface area contributed by atoms with Crippen LogP contribution in [0.25, 0.3) is 0 Å². The second-order valence-corrected chi connectivity index (χ2v) is 5.90. The number of hydrogen-bond donors (Lipinski definition) is 2. The molecule has 0 atom stereocenters. The molecule has 0 radical (unpaired) electrons. The summed E-state index contributed by atoms with van der Waals surface area (Å²) >= 11 is 6.58. The van der Waals surface area contributed by atoms with Gasteiger partial charge in [0.25, 0.3) is 0 Å². The zero-order valence-electron chi connectivity index (χ0n) is 12.1. The third kappa shape index (κ3) is 3.80. The number of methoxy groups -OCH3 is 1. The van der Waals surface area contributed by atoms with E-state index in [1.807, 2.05) is 6.92 Å². The summed E-state index contributed by atoms with van der Waals surface area (Å²) in [6, 6.07) is 7.99. The smallest absolute Gasteiger partial charge is 0.340 e. The van der Waals surface area contributed by atoms with Crippen molar-refractivity contribution >= 4 is 45.3 Å². The SMILES string of the molecule is CCc1cc(C(=O)OC)c(NC(=S)Nc2ccccc2F)s1. The largest absolute Gasteiger partial charge is 0.465 e. The van der Waals surface area contributed by atoms with Crippen LogP contribution in [0.3, 0.4) is 0 Å². The molecule has 1 aromatic heterocycles. The van der Waals surface area contributed by atoms with Gasteiger partial charge in [0.05, 0.1) is 18.4 Å². The van der Waals surface area contributed by atoms with Gasteiger partial charge in [-0.3, -0.25) is 0 Å². The first-order valence-corrected chi connectivity index (χ1v) is 7.81. The lowest BCUT2D eigenvalue weighted by molar-refractivity contribution is 0.0602. The van der Waals surface area contributed by atoms with Crippen LogP contribution >= 0.6 is 23.6 Å². The molecule has 0 aliphatic rings. The summed E-state index contributed by atoms with van der Waals surface area (Å²) in [5.74, 6) is -0.840. The van der Waals surface area contributed by atoms with Gasteiger partial charge in [0.1, 0.15) is 10.8 Å². The number of nitrogens with one attached hydrogen (secondary N) is 2. The molecule has 4 nitrogen and oxygen atoms in total. The number of esters is 1. The lowest BCUT2D eigenvalue weighted by Gasteiger charge is -2.10. The highest BCUT2D eigenvalue weighted by Gasteiger charge is 2.17. The number of carbonyl (C=O) groups excluding carboxylic acids is 1. The fourth-order valence-electron chi connectivity index (χ4n) is 1.79. The molecule has 116 valence electrons. The van der Waals surface area contributed by atoms with Crippen LogP contribution in [0.1, 0.15) is 22.2 Å². The Bertz CT molecular complexity index is 701. The van der Waals surface area contributed by atoms with Gasteiger partial charge >= 0.3 is 5.97 Å². The molecule has 2 aromatic rings. The van der Waals surface area contributed by atoms with Gasteiger partial charge in [0.2, 0.25) is 0 Å². The molecule has 2 N–H and O–H groups in total. The predicted octanol–water partition coefficient (Wildman–Crippen LogP) is 4.05. The monoisotopic (exact) mass is 338 g/mol. The summed E-state index contributed by atoms with van der Waals surface area (Å²) < 4.78 is 18.3. The molecule has 2 rings (SSSR count). The Balaban J connectivity index is 2.16. The van der Waals surface area contributed by atoms with Gasteiger partial charge in [-0.15, -0.1) is 11.3 Å². The predicted molar refractivity (Wildman–Crippen MR) is 91.3 cm³/mol. The molecule has 0 bridgehead atoms. The molecule has 22 heavy (non-hydrogen) atoms. The van der Waals surface area contributed by atoms with Gasteiger partial charge in [-0.2, -0.15) is 0 Å². The minimum atomic E-state index is -0.438. The minimum absolute atomic E-state index is 0.208. The maximum absolute atomic E-state index is 13.6. The standard InChI is InChI=1S/C15H15FN2O2S2/c1-3-9-8-10(14(19)20-2)13(22-9)18-15(21)17-12-7-5-4-6-11(12)16/h4-8H,3H2,1-2H3,(H2,17,18,21). The lowest BCUT2D eigenvalue weighted by Crippen LogP contribution is -2.20. The number of rotatable bonds is 4. The van der Waals surface area contributed by atoms with Crippen LogP contribution in [0.5, 0.6) is 0 Å². The number of thiophene rings is 1. The molecular formula is C15H15FN2O2S2. The van der Waals surface area contributed by atoms with Crippen molar-refractivity contribution in [2.75, 3.05) is 17.7 Å². The normalized spacial score (nSPS) is 10.1. The minimum Gasteiger partial charge on any atom is -0.465 e. The van der Waals surface area contributed by atoms with Crippen LogP contribution in [0.4, 0.5) is 15.1 Å². The Hall–Kier alpha value is -1.99. The van der Waals surface area contributed by atoms with Crippen LogP contribution in [0, 0.1) is 5.82 Å². The second kappa shape index (κ2) is 7.33. The number of aryl methyl sites for hydroxylation is 1. The molecule has 0 spiro atoms. The van der Waals surface area contributed by atoms with Gasteiger partial charge in [-0.25, -0.2) is 9.18 Å². The molecule has 1 aromatic carbocycles. The highest BCUT2D eigenvalue weighted by Crippen LogP contribution is 2.29. The van der Waals surface area contributed by atoms with Crippen molar-refractivity contribution in [1.29, 1.82) is 0 Å². The fraction of sp³-hybridized carbons (Fsp3) is 0.200. The van der Waals surface area contributed by atoms with Crippen LogP contribution in [0.2, 0.25) is 0 Å². The number of thiocarbonyl (C=S) groups is 1. The molecule has 0 amide bonds. The van der Waals surface area contributed by atoms with E-state index in [0.717, 1.165) is 11.3 Å². The zero-order valence-corrected chi connectivity index (χ0v) is 13.7. The van der Waals surface area contributed by atoms with E-state index in [1.54, 1.807) is 24.3 Å². The van der Waals surface area contributed by atoms with E-state index >= 15 is 0 Å². The quantitative estimate of drug-likeness (QED) is 0.651. The van der Waals surface area contributed by atoms with E-state index in [1.165, 1.54) is 24.5 Å². The van der Waals surface area contributed by atoms with Crippen LogP contribution in [-0.2, 0) is 11.2 Å². The first-order chi connectivity index (χ1) is 10.5. The van der Waals surface area contributed by atoms with E-state index < -0.39 is 11.8 Å². The maximum atomic E-state index is 13.6. The molecule has 0 aliphatic heterocycles. The third-order valence-electron chi connectivity index (χ3n) is 2.89. The van der Waals surface area contributed by atoms with Crippen molar-refractivity contribution < 1.29 is 13.9 Å². The fourth-order valence-corrected chi connectivity index (χ4v) is 3.06. The van der Waals surface area contributed by atoms with Gasteiger partial charge in [0.15, 0.2) is 5.11 Å². The van der Waals surface area contributed by atoms with Crippen molar-refractivity contribution in [3.63, 3.8) is 0 Å². The summed E-state index contributed by atoms with van der Waals surface area (Å²) in [6.45, 7) is 1.99. The number of halogens is 1. The van der Waals surface area contributed by atoms with Gasteiger partial charge in [-0.1, -0.05) is 19.1 Å². The Kier molecular flexibility index (Phi) is 5.46. The summed E-state index contributed by atoms with van der Waals surface area (Å²) in [5, 5.41) is 6.49. The third-order valence-corrected chi connectivity index (χ3v) is 4.28. The molecular weight excluding hydrogens is 323 g/mol. The highest BCUT2D eigenvalue weighted by atomic mass is 32.1. The van der Waals surface area contributed by atoms with E-state index in [9.17, 15) is 9.18 Å². The first-order valence-electron chi connectivity index (χ1n) is 6.58. The zero-order chi connectivity index (χ0) is 16.1. The molecule has 0 saturated heterocycles. The summed E-state index contributed by atoms with van der Waals surface area (Å²) in [7, 11) is 1.32. The van der Waals surface area contributed by atoms with Crippen molar-refractivity contribution in [2.24, 2.45) is 0 Å². The number of anilines is 2. The van der Waals surface area contributed by atoms with Gasteiger partial charge in [0, 0.05) is 4.88 Å². The Morgan fingerprint density at radius 1 is 1.36 bits per heavy atom. The average Bonchev–Trinajstić information content (AvgIpc) is 2.91.